The topological polar surface area (TPSA) is 105 Å². The number of allylic oxidation sites excluding steroid dienone is 1. The number of fused-ring (bicyclic) bond motifs is 3. The molecule has 10 heteroatoms. The Morgan fingerprint density at radius 2 is 2.08 bits per heavy atom. The Morgan fingerprint density at radius 3 is 2.83 bits per heavy atom. The van der Waals surface area contributed by atoms with Crippen LogP contribution in [0.15, 0.2) is 36.7 Å². The van der Waals surface area contributed by atoms with Crippen LogP contribution in [0.3, 0.4) is 0 Å². The normalized spacial score (nSPS) is 19.9. The van der Waals surface area contributed by atoms with Crippen LogP contribution in [0.1, 0.15) is 68.7 Å². The molecule has 2 aliphatic rings. The van der Waals surface area contributed by atoms with Gasteiger partial charge in [0.25, 0.3) is 6.36 Å². The summed E-state index contributed by atoms with van der Waals surface area (Å²) in [5.41, 5.74) is 1.61. The van der Waals surface area contributed by atoms with Crippen LogP contribution in [0, 0.1) is 23.2 Å². The van der Waals surface area contributed by atoms with Crippen LogP contribution in [-0.2, 0) is 10.2 Å². The number of carbonyl (C=O) groups is 1. The smallest absolute Gasteiger partial charge is 0.259 e. The number of halogens is 2. The molecule has 36 heavy (non-hydrogen) atoms. The number of amides is 1. The van der Waals surface area contributed by atoms with E-state index in [1.807, 2.05) is 26.0 Å². The molecule has 2 atom stereocenters. The molecule has 1 fully saturated rings. The Hall–Kier alpha value is -3.87. The summed E-state index contributed by atoms with van der Waals surface area (Å²) in [6.45, 7) is 3.93. The van der Waals surface area contributed by atoms with E-state index in [9.17, 15) is 18.8 Å². The second-order valence-corrected chi connectivity index (χ2v) is 10.0. The molecule has 0 spiro atoms. The maximum atomic E-state index is 14.3. The molecule has 0 bridgehead atoms. The van der Waals surface area contributed by atoms with Gasteiger partial charge in [0.15, 0.2) is 5.65 Å². The summed E-state index contributed by atoms with van der Waals surface area (Å²) in [4.78, 5) is 21.5. The molecule has 1 amide bonds. The van der Waals surface area contributed by atoms with Gasteiger partial charge in [0.1, 0.15) is 11.6 Å². The molecule has 186 valence electrons. The summed E-state index contributed by atoms with van der Waals surface area (Å²) in [6.07, 6.45) is 9.20. The number of carbonyl (C=O) groups excluding carboxylic acids is 1. The summed E-state index contributed by atoms with van der Waals surface area (Å²) in [7, 11) is 0. The van der Waals surface area contributed by atoms with E-state index in [1.54, 1.807) is 6.20 Å². The number of pyridine rings is 1. The number of nitrogens with one attached hydrogen (secondary N) is 1. The monoisotopic (exact) mass is 492 g/mol. The highest BCUT2D eigenvalue weighted by Gasteiger charge is 2.43. The van der Waals surface area contributed by atoms with E-state index in [1.165, 1.54) is 28.9 Å². The number of rotatable bonds is 6. The fourth-order valence-corrected chi connectivity index (χ4v) is 5.27. The minimum Gasteiger partial charge on any atom is -0.438 e. The zero-order valence-electron chi connectivity index (χ0n) is 20.0. The lowest BCUT2D eigenvalue weighted by Crippen LogP contribution is -2.22. The van der Waals surface area contributed by atoms with Gasteiger partial charge in [0, 0.05) is 23.2 Å². The standard InChI is InChI=1S/C26H26F2N6O2/c1-26(2)11-18(19-14-30-22-10-20(27)33-34(22)23(19)26)24(35)32-17-9-16(12-29)25(31-13-17)36-21(28)8-7-15-5-3-4-6-15/h7-10,13-15,18,21H,3-6,11H2,1-2H3,(H,32,35)/b8-7+/t18-,21?/m0/s1. The van der Waals surface area contributed by atoms with Gasteiger partial charge in [-0.05, 0) is 37.3 Å². The second-order valence-electron chi connectivity index (χ2n) is 10.0. The van der Waals surface area contributed by atoms with Crippen LogP contribution in [0.2, 0.25) is 0 Å². The summed E-state index contributed by atoms with van der Waals surface area (Å²) < 4.78 is 34.8. The van der Waals surface area contributed by atoms with Gasteiger partial charge >= 0.3 is 0 Å². The highest BCUT2D eigenvalue weighted by Crippen LogP contribution is 2.46. The molecule has 0 radical (unpaired) electrons. The van der Waals surface area contributed by atoms with E-state index < -0.39 is 23.6 Å². The highest BCUT2D eigenvalue weighted by molar-refractivity contribution is 5.96. The summed E-state index contributed by atoms with van der Waals surface area (Å²) in [5.74, 6) is -1.30. The third-order valence-corrected chi connectivity index (χ3v) is 6.93. The van der Waals surface area contributed by atoms with Crippen molar-refractivity contribution in [1.29, 1.82) is 5.26 Å². The minimum absolute atomic E-state index is 0.00672. The number of nitriles is 1. The SMILES string of the molecule is CC1(C)C[C@H](C(=O)Nc2cnc(OC(F)/C=C/C3CCCC3)c(C#N)c2)c2cnc3cc(F)nn3c21. The molecule has 3 heterocycles. The zero-order chi connectivity index (χ0) is 25.4. The average Bonchev–Trinajstić information content (AvgIpc) is 3.55. The molecule has 2 aliphatic carbocycles. The highest BCUT2D eigenvalue weighted by atomic mass is 19.1. The van der Waals surface area contributed by atoms with Crippen LogP contribution in [0.4, 0.5) is 14.5 Å². The van der Waals surface area contributed by atoms with E-state index in [0.717, 1.165) is 31.4 Å². The van der Waals surface area contributed by atoms with Crippen LogP contribution in [0.5, 0.6) is 5.88 Å². The van der Waals surface area contributed by atoms with Gasteiger partial charge in [-0.1, -0.05) is 32.8 Å². The van der Waals surface area contributed by atoms with E-state index >= 15 is 0 Å². The number of alkyl halides is 1. The maximum absolute atomic E-state index is 14.3. The van der Waals surface area contributed by atoms with Crippen molar-refractivity contribution in [2.24, 2.45) is 5.92 Å². The zero-order valence-corrected chi connectivity index (χ0v) is 20.0. The molecule has 0 aliphatic heterocycles. The quantitative estimate of drug-likeness (QED) is 0.488. The number of anilines is 1. The first kappa shape index (κ1) is 23.9. The second kappa shape index (κ2) is 9.30. The molecule has 5 rings (SSSR count). The Balaban J connectivity index is 1.32. The Labute approximate surface area is 207 Å². The maximum Gasteiger partial charge on any atom is 0.259 e. The Kier molecular flexibility index (Phi) is 6.16. The van der Waals surface area contributed by atoms with Crippen LogP contribution >= 0.6 is 0 Å². The molecule has 1 saturated carbocycles. The fraction of sp³-hybridized carbons (Fsp3) is 0.423. The van der Waals surface area contributed by atoms with Crippen molar-refractivity contribution in [3.05, 3.63) is 59.4 Å². The molecule has 3 aromatic rings. The van der Waals surface area contributed by atoms with Crippen molar-refractivity contribution < 1.29 is 18.3 Å². The number of aromatic nitrogens is 4. The fourth-order valence-electron chi connectivity index (χ4n) is 5.27. The summed E-state index contributed by atoms with van der Waals surface area (Å²) in [5, 5.41) is 16.2. The van der Waals surface area contributed by atoms with Crippen molar-refractivity contribution in [3.63, 3.8) is 0 Å². The number of ether oxygens (including phenoxy) is 1. The van der Waals surface area contributed by atoms with Crippen LogP contribution in [0.25, 0.3) is 5.65 Å². The van der Waals surface area contributed by atoms with Gasteiger partial charge in [-0.25, -0.2) is 14.5 Å². The van der Waals surface area contributed by atoms with E-state index in [-0.39, 0.29) is 23.0 Å². The molecular formula is C26H26F2N6O2. The van der Waals surface area contributed by atoms with Gasteiger partial charge < -0.3 is 10.1 Å². The first-order valence-electron chi connectivity index (χ1n) is 12.0. The van der Waals surface area contributed by atoms with Crippen molar-refractivity contribution in [2.45, 2.75) is 63.6 Å². The van der Waals surface area contributed by atoms with Gasteiger partial charge in [0.05, 0.1) is 23.5 Å². The van der Waals surface area contributed by atoms with Gasteiger partial charge in [-0.3, -0.25) is 4.79 Å². The molecule has 8 nitrogen and oxygen atoms in total. The minimum atomic E-state index is -1.72. The number of nitrogens with zero attached hydrogens (tertiary/aromatic N) is 5. The molecule has 0 aromatic carbocycles. The first-order valence-corrected chi connectivity index (χ1v) is 12.0. The first-order chi connectivity index (χ1) is 17.2. The van der Waals surface area contributed by atoms with Crippen molar-refractivity contribution in [2.75, 3.05) is 5.32 Å². The van der Waals surface area contributed by atoms with Crippen molar-refractivity contribution >= 4 is 17.2 Å². The lowest BCUT2D eigenvalue weighted by Gasteiger charge is -2.19. The predicted molar refractivity (Wildman–Crippen MR) is 128 cm³/mol. The van der Waals surface area contributed by atoms with Crippen molar-refractivity contribution in [3.8, 4) is 11.9 Å². The summed E-state index contributed by atoms with van der Waals surface area (Å²) >= 11 is 0. The number of hydrogen-bond donors (Lipinski definition) is 1. The largest absolute Gasteiger partial charge is 0.438 e. The van der Waals surface area contributed by atoms with Crippen LogP contribution in [-0.4, -0.2) is 31.8 Å². The third-order valence-electron chi connectivity index (χ3n) is 6.93. The average molecular weight is 493 g/mol. The third kappa shape index (κ3) is 4.53. The lowest BCUT2D eigenvalue weighted by molar-refractivity contribution is -0.117. The molecular weight excluding hydrogens is 466 g/mol. The predicted octanol–water partition coefficient (Wildman–Crippen LogP) is 4.96. The van der Waals surface area contributed by atoms with Gasteiger partial charge in [-0.15, -0.1) is 5.10 Å². The Bertz CT molecular complexity index is 1390. The van der Waals surface area contributed by atoms with Crippen LogP contribution < -0.4 is 10.1 Å². The van der Waals surface area contributed by atoms with Crippen molar-refractivity contribution in [1.82, 2.24) is 19.6 Å². The Morgan fingerprint density at radius 1 is 1.31 bits per heavy atom. The summed E-state index contributed by atoms with van der Waals surface area (Å²) in [6, 6.07) is 4.59. The van der Waals surface area contributed by atoms with E-state index in [4.69, 9.17) is 4.74 Å². The van der Waals surface area contributed by atoms with Gasteiger partial charge in [0.2, 0.25) is 17.7 Å². The molecule has 0 saturated heterocycles. The van der Waals surface area contributed by atoms with Gasteiger partial charge in [-0.2, -0.15) is 14.0 Å². The molecule has 3 aromatic heterocycles. The number of hydrogen-bond acceptors (Lipinski definition) is 6. The van der Waals surface area contributed by atoms with E-state index in [2.05, 4.69) is 20.4 Å². The van der Waals surface area contributed by atoms with E-state index in [0.29, 0.717) is 23.5 Å². The molecule has 1 unspecified atom stereocenters. The lowest BCUT2D eigenvalue weighted by atomic mass is 9.88. The molecule has 1 N–H and O–H groups in total.